The molecule has 0 aliphatic heterocycles. The second kappa shape index (κ2) is 13.6. The van der Waals surface area contributed by atoms with E-state index in [4.69, 9.17) is 0 Å². The molecule has 1 aliphatic rings. The maximum atomic E-state index is 3.45. The second-order valence-corrected chi connectivity index (χ2v) is 9.19. The van der Waals surface area contributed by atoms with Gasteiger partial charge in [-0.05, 0) is 56.1 Å². The maximum absolute atomic E-state index is 3.45. The van der Waals surface area contributed by atoms with Crippen LogP contribution in [-0.4, -0.2) is 25.6 Å². The molecule has 1 aliphatic carbocycles. The first-order valence-corrected chi connectivity index (χ1v) is 11.7. The van der Waals surface area contributed by atoms with E-state index < -0.39 is 0 Å². The first-order chi connectivity index (χ1) is 11.2. The molecule has 0 bridgehead atoms. The van der Waals surface area contributed by atoms with Crippen LogP contribution in [0.3, 0.4) is 0 Å². The zero-order valence-electron chi connectivity index (χ0n) is 16.3. The fraction of sp³-hybridized carbons (Fsp3) is 1.00. The highest BCUT2D eigenvalue weighted by atomic mass is 32.2. The Morgan fingerprint density at radius 2 is 1.30 bits per heavy atom. The van der Waals surface area contributed by atoms with Crippen molar-refractivity contribution in [3.63, 3.8) is 0 Å². The Labute approximate surface area is 151 Å². The summed E-state index contributed by atoms with van der Waals surface area (Å²) in [7, 11) is 2.12. The fourth-order valence-corrected chi connectivity index (χ4v) is 5.11. The molecule has 0 radical (unpaired) electrons. The van der Waals surface area contributed by atoms with E-state index in [0.717, 1.165) is 5.92 Å². The fourth-order valence-electron chi connectivity index (χ4n) is 4.31. The molecule has 1 fully saturated rings. The van der Waals surface area contributed by atoms with Crippen molar-refractivity contribution in [2.75, 3.05) is 25.6 Å². The molecule has 1 saturated carbocycles. The van der Waals surface area contributed by atoms with Gasteiger partial charge in [-0.2, -0.15) is 11.8 Å². The molecule has 1 nitrogen and oxygen atoms in total. The van der Waals surface area contributed by atoms with Gasteiger partial charge in [-0.25, -0.2) is 0 Å². The van der Waals surface area contributed by atoms with E-state index in [1.54, 1.807) is 0 Å². The predicted octanol–water partition coefficient (Wildman–Crippen LogP) is 6.67. The van der Waals surface area contributed by atoms with Crippen molar-refractivity contribution < 1.29 is 0 Å². The topological polar surface area (TPSA) is 12.0 Å². The molecule has 1 N–H and O–H groups in total. The van der Waals surface area contributed by atoms with E-state index in [1.807, 2.05) is 0 Å². The van der Waals surface area contributed by atoms with E-state index in [9.17, 15) is 0 Å². The summed E-state index contributed by atoms with van der Waals surface area (Å²) in [5.74, 6) is 2.39. The number of hydrogen-bond donors (Lipinski definition) is 1. The van der Waals surface area contributed by atoms with Crippen LogP contribution < -0.4 is 5.32 Å². The third-order valence-corrected chi connectivity index (χ3v) is 6.60. The molecule has 0 unspecified atom stereocenters. The molecular formula is C21H43NS. The van der Waals surface area contributed by atoms with Crippen LogP contribution in [-0.2, 0) is 0 Å². The minimum absolute atomic E-state index is 0.537. The molecule has 23 heavy (non-hydrogen) atoms. The van der Waals surface area contributed by atoms with Crippen LogP contribution >= 0.6 is 11.8 Å². The van der Waals surface area contributed by atoms with Crippen LogP contribution in [0.15, 0.2) is 0 Å². The summed E-state index contributed by atoms with van der Waals surface area (Å²) in [4.78, 5) is 0. The highest BCUT2D eigenvalue weighted by Crippen LogP contribution is 2.31. The molecule has 0 atom stereocenters. The van der Waals surface area contributed by atoms with Gasteiger partial charge in [-0.15, -0.1) is 0 Å². The minimum Gasteiger partial charge on any atom is -0.319 e. The summed E-state index contributed by atoms with van der Waals surface area (Å²) < 4.78 is 0. The quantitative estimate of drug-likeness (QED) is 0.613. The summed E-state index contributed by atoms with van der Waals surface area (Å²) in [6, 6.07) is 0. The van der Waals surface area contributed by atoms with Crippen LogP contribution in [0.2, 0.25) is 0 Å². The largest absolute Gasteiger partial charge is 0.319 e. The molecule has 0 saturated heterocycles. The minimum atomic E-state index is 0.537. The Morgan fingerprint density at radius 1 is 0.826 bits per heavy atom. The monoisotopic (exact) mass is 341 g/mol. The van der Waals surface area contributed by atoms with E-state index in [0.29, 0.717) is 5.41 Å². The van der Waals surface area contributed by atoms with Gasteiger partial charge in [0.15, 0.2) is 0 Å². The molecule has 0 aromatic heterocycles. The van der Waals surface area contributed by atoms with Gasteiger partial charge in [-0.1, -0.05) is 71.1 Å². The van der Waals surface area contributed by atoms with Crippen molar-refractivity contribution in [2.45, 2.75) is 96.8 Å². The predicted molar refractivity (Wildman–Crippen MR) is 109 cm³/mol. The first kappa shape index (κ1) is 21.4. The van der Waals surface area contributed by atoms with Crippen molar-refractivity contribution in [1.29, 1.82) is 0 Å². The molecule has 1 rings (SSSR count). The smallest absolute Gasteiger partial charge is 0.000216 e. The van der Waals surface area contributed by atoms with Crippen molar-refractivity contribution in [2.24, 2.45) is 11.3 Å². The van der Waals surface area contributed by atoms with E-state index in [-0.39, 0.29) is 0 Å². The molecule has 0 aromatic carbocycles. The lowest BCUT2D eigenvalue weighted by molar-refractivity contribution is 0.244. The van der Waals surface area contributed by atoms with Crippen LogP contribution in [0.1, 0.15) is 96.8 Å². The Balaban J connectivity index is 2.39. The van der Waals surface area contributed by atoms with Crippen molar-refractivity contribution >= 4 is 11.8 Å². The van der Waals surface area contributed by atoms with Gasteiger partial charge < -0.3 is 5.32 Å². The van der Waals surface area contributed by atoms with Crippen LogP contribution in [0.25, 0.3) is 0 Å². The van der Waals surface area contributed by atoms with Crippen molar-refractivity contribution in [3.8, 4) is 0 Å². The SMILES string of the molecule is CNCC1(C)CCCCCCCC(CSC)CCCCCCC1. The Hall–Kier alpha value is 0.310. The van der Waals surface area contributed by atoms with Gasteiger partial charge in [0.1, 0.15) is 0 Å². The van der Waals surface area contributed by atoms with Gasteiger partial charge in [-0.3, -0.25) is 0 Å². The van der Waals surface area contributed by atoms with Crippen LogP contribution in [0.4, 0.5) is 0 Å². The van der Waals surface area contributed by atoms with Gasteiger partial charge >= 0.3 is 0 Å². The Kier molecular flexibility index (Phi) is 12.6. The van der Waals surface area contributed by atoms with E-state index in [2.05, 4.69) is 37.3 Å². The number of thioether (sulfide) groups is 1. The lowest BCUT2D eigenvalue weighted by Crippen LogP contribution is -2.29. The number of nitrogens with one attached hydrogen (secondary N) is 1. The maximum Gasteiger partial charge on any atom is 0.000216 e. The van der Waals surface area contributed by atoms with Crippen LogP contribution in [0, 0.1) is 11.3 Å². The summed E-state index contributed by atoms with van der Waals surface area (Å²) in [5.41, 5.74) is 0.537. The van der Waals surface area contributed by atoms with Gasteiger partial charge in [0.2, 0.25) is 0 Å². The van der Waals surface area contributed by atoms with Crippen molar-refractivity contribution in [3.05, 3.63) is 0 Å². The highest BCUT2D eigenvalue weighted by Gasteiger charge is 2.22. The summed E-state index contributed by atoms with van der Waals surface area (Å²) in [5, 5.41) is 3.45. The molecular weight excluding hydrogens is 298 g/mol. The summed E-state index contributed by atoms with van der Waals surface area (Å²) >= 11 is 2.06. The molecule has 0 aromatic rings. The summed E-state index contributed by atoms with van der Waals surface area (Å²) in [6.45, 7) is 3.71. The van der Waals surface area contributed by atoms with Crippen LogP contribution in [0.5, 0.6) is 0 Å². The van der Waals surface area contributed by atoms with Crippen molar-refractivity contribution in [1.82, 2.24) is 5.32 Å². The van der Waals surface area contributed by atoms with Gasteiger partial charge in [0, 0.05) is 6.54 Å². The molecule has 0 amide bonds. The summed E-state index contributed by atoms with van der Waals surface area (Å²) in [6.07, 6.45) is 22.7. The molecule has 0 heterocycles. The molecule has 0 spiro atoms. The average molecular weight is 342 g/mol. The van der Waals surface area contributed by atoms with Gasteiger partial charge in [0.25, 0.3) is 0 Å². The average Bonchev–Trinajstić information content (AvgIpc) is 2.52. The third-order valence-electron chi connectivity index (χ3n) is 5.79. The number of rotatable bonds is 4. The van der Waals surface area contributed by atoms with Gasteiger partial charge in [0.05, 0.1) is 0 Å². The molecule has 138 valence electrons. The second-order valence-electron chi connectivity index (χ2n) is 8.28. The normalized spacial score (nSPS) is 30.1. The van der Waals surface area contributed by atoms with E-state index >= 15 is 0 Å². The van der Waals surface area contributed by atoms with E-state index in [1.165, 1.54) is 102 Å². The zero-order chi connectivity index (χ0) is 16.8. The Morgan fingerprint density at radius 3 is 1.78 bits per heavy atom. The third kappa shape index (κ3) is 10.7. The standard InChI is InChI=1S/C21H43NS/c1-21(19-22-2)16-12-8-4-6-10-14-20(18-23-3)15-11-7-5-9-13-17-21/h20,22H,4-19H2,1-3H3. The molecule has 2 heteroatoms. The lowest BCUT2D eigenvalue weighted by Gasteiger charge is -2.30. The lowest BCUT2D eigenvalue weighted by atomic mass is 9.79. The zero-order valence-corrected chi connectivity index (χ0v) is 17.1. The first-order valence-electron chi connectivity index (χ1n) is 10.3. The Bertz CT molecular complexity index is 249. The number of hydrogen-bond acceptors (Lipinski definition) is 2. The highest BCUT2D eigenvalue weighted by molar-refractivity contribution is 7.98.